The Labute approximate surface area is 111 Å². The molecule has 1 rings (SSSR count). The van der Waals surface area contributed by atoms with Crippen molar-refractivity contribution in [1.82, 2.24) is 15.5 Å². The monoisotopic (exact) mass is 281 g/mol. The van der Waals surface area contributed by atoms with Gasteiger partial charge in [-0.15, -0.1) is 0 Å². The van der Waals surface area contributed by atoms with Crippen molar-refractivity contribution in [3.8, 4) is 0 Å². The molecule has 1 atom stereocenters. The molecule has 7 heteroatoms. The number of alkyl halides is 3. The molecular weight excluding hydrogens is 259 g/mol. The van der Waals surface area contributed by atoms with Crippen molar-refractivity contribution in [2.45, 2.75) is 32.5 Å². The maximum atomic E-state index is 13.0. The van der Waals surface area contributed by atoms with Crippen LogP contribution in [0.5, 0.6) is 0 Å². The Morgan fingerprint density at radius 2 is 1.89 bits per heavy atom. The zero-order valence-corrected chi connectivity index (χ0v) is 11.4. The quantitative estimate of drug-likeness (QED) is 0.790. The Bertz CT molecular complexity index is 288. The summed E-state index contributed by atoms with van der Waals surface area (Å²) in [7, 11) is 0. The van der Waals surface area contributed by atoms with Crippen molar-refractivity contribution < 1.29 is 18.0 Å². The lowest BCUT2D eigenvalue weighted by atomic mass is 10.1. The molecule has 0 radical (unpaired) electrons. The largest absolute Gasteiger partial charge is 0.405 e. The van der Waals surface area contributed by atoms with Gasteiger partial charge in [0, 0.05) is 39.1 Å². The summed E-state index contributed by atoms with van der Waals surface area (Å²) in [4.78, 5) is 12.8. The third-order valence-corrected chi connectivity index (χ3v) is 3.06. The highest BCUT2D eigenvalue weighted by atomic mass is 19.4. The number of carbonyl (C=O) groups excluding carboxylic acids is 1. The molecule has 0 saturated carbocycles. The zero-order valence-electron chi connectivity index (χ0n) is 11.4. The second-order valence-electron chi connectivity index (χ2n) is 5.25. The van der Waals surface area contributed by atoms with Gasteiger partial charge in [-0.2, -0.15) is 13.2 Å². The van der Waals surface area contributed by atoms with Crippen molar-refractivity contribution in [3.63, 3.8) is 0 Å². The Morgan fingerprint density at radius 3 is 2.37 bits per heavy atom. The van der Waals surface area contributed by atoms with E-state index in [1.54, 1.807) is 0 Å². The summed E-state index contributed by atoms with van der Waals surface area (Å²) in [5.74, 6) is -0.178. The van der Waals surface area contributed by atoms with E-state index in [9.17, 15) is 18.0 Å². The predicted octanol–water partition coefficient (Wildman–Crippen LogP) is 0.985. The Kier molecular flexibility index (Phi) is 6.06. The summed E-state index contributed by atoms with van der Waals surface area (Å²) in [6.07, 6.45) is -4.06. The number of nitrogens with one attached hydrogen (secondary N) is 2. The molecule has 0 spiro atoms. The van der Waals surface area contributed by atoms with Gasteiger partial charge in [-0.1, -0.05) is 13.8 Å². The molecular formula is C12H22F3N3O. The minimum atomic E-state index is -4.32. The van der Waals surface area contributed by atoms with E-state index in [1.807, 2.05) is 13.8 Å². The summed E-state index contributed by atoms with van der Waals surface area (Å²) in [5.41, 5.74) is 0. The fourth-order valence-electron chi connectivity index (χ4n) is 2.10. The van der Waals surface area contributed by atoms with Gasteiger partial charge in [0.05, 0.1) is 0 Å². The van der Waals surface area contributed by atoms with Crippen LogP contribution in [0.25, 0.3) is 0 Å². The smallest absolute Gasteiger partial charge is 0.354 e. The summed E-state index contributed by atoms with van der Waals surface area (Å²) >= 11 is 0. The molecule has 0 aliphatic carbocycles. The van der Waals surface area contributed by atoms with Crippen LogP contribution in [0.3, 0.4) is 0 Å². The van der Waals surface area contributed by atoms with Crippen LogP contribution in [0.4, 0.5) is 13.2 Å². The van der Waals surface area contributed by atoms with Gasteiger partial charge in [-0.25, -0.2) is 0 Å². The van der Waals surface area contributed by atoms with Crippen LogP contribution in [-0.2, 0) is 4.79 Å². The summed E-state index contributed by atoms with van der Waals surface area (Å²) < 4.78 is 39.0. The number of hydrogen-bond acceptors (Lipinski definition) is 3. The lowest BCUT2D eigenvalue weighted by Gasteiger charge is -2.36. The van der Waals surface area contributed by atoms with Gasteiger partial charge in [0.15, 0.2) is 0 Å². The maximum Gasteiger partial charge on any atom is 0.405 e. The molecule has 19 heavy (non-hydrogen) atoms. The van der Waals surface area contributed by atoms with Crippen LogP contribution in [-0.4, -0.2) is 55.7 Å². The highest BCUT2D eigenvalue weighted by Gasteiger charge is 2.43. The number of rotatable bonds is 5. The second-order valence-corrected chi connectivity index (χ2v) is 5.25. The zero-order chi connectivity index (χ0) is 14.5. The van der Waals surface area contributed by atoms with Crippen LogP contribution < -0.4 is 10.6 Å². The molecule has 0 aromatic heterocycles. The Hall–Kier alpha value is -0.820. The van der Waals surface area contributed by atoms with E-state index in [2.05, 4.69) is 10.6 Å². The first-order chi connectivity index (χ1) is 8.80. The number of halogens is 3. The van der Waals surface area contributed by atoms with Gasteiger partial charge in [0.25, 0.3) is 0 Å². The molecule has 1 unspecified atom stereocenters. The second kappa shape index (κ2) is 7.09. The van der Waals surface area contributed by atoms with Crippen LogP contribution in [0.2, 0.25) is 0 Å². The molecule has 1 fully saturated rings. The van der Waals surface area contributed by atoms with E-state index >= 15 is 0 Å². The highest BCUT2D eigenvalue weighted by Crippen LogP contribution is 2.24. The van der Waals surface area contributed by atoms with E-state index in [0.29, 0.717) is 26.2 Å². The molecule has 1 saturated heterocycles. The van der Waals surface area contributed by atoms with E-state index in [0.717, 1.165) is 0 Å². The predicted molar refractivity (Wildman–Crippen MR) is 66.8 cm³/mol. The fraction of sp³-hybridized carbons (Fsp3) is 0.917. The number of carbonyl (C=O) groups is 1. The molecule has 1 aliphatic rings. The summed E-state index contributed by atoms with van der Waals surface area (Å²) in [6.45, 7) is 5.15. The highest BCUT2D eigenvalue weighted by molar-refractivity contribution is 5.76. The minimum absolute atomic E-state index is 0.142. The molecule has 0 aromatic carbocycles. The van der Waals surface area contributed by atoms with E-state index in [-0.39, 0.29) is 24.8 Å². The minimum Gasteiger partial charge on any atom is -0.354 e. The fourth-order valence-corrected chi connectivity index (χ4v) is 2.10. The maximum absolute atomic E-state index is 13.0. The molecule has 1 heterocycles. The molecule has 2 N–H and O–H groups in total. The van der Waals surface area contributed by atoms with Gasteiger partial charge in [0.2, 0.25) is 5.91 Å². The van der Waals surface area contributed by atoms with Gasteiger partial charge < -0.3 is 10.6 Å². The van der Waals surface area contributed by atoms with Crippen molar-refractivity contribution >= 4 is 5.91 Å². The average molecular weight is 281 g/mol. The Balaban J connectivity index is 2.53. The Morgan fingerprint density at radius 1 is 1.32 bits per heavy atom. The van der Waals surface area contributed by atoms with Crippen molar-refractivity contribution in [1.29, 1.82) is 0 Å². The number of nitrogens with zero attached hydrogens (tertiary/aromatic N) is 1. The third kappa shape index (κ3) is 5.78. The van der Waals surface area contributed by atoms with Gasteiger partial charge >= 0.3 is 6.18 Å². The van der Waals surface area contributed by atoms with Crippen molar-refractivity contribution in [3.05, 3.63) is 0 Å². The lowest BCUT2D eigenvalue weighted by Crippen LogP contribution is -2.57. The van der Waals surface area contributed by atoms with Crippen molar-refractivity contribution in [2.24, 2.45) is 5.92 Å². The summed E-state index contributed by atoms with van der Waals surface area (Å²) in [6, 6.07) is -1.59. The SMILES string of the molecule is CC(C)CC(=O)NCC(N1CCNCC1)C(F)(F)F. The van der Waals surface area contributed by atoms with E-state index in [1.165, 1.54) is 4.90 Å². The van der Waals surface area contributed by atoms with E-state index < -0.39 is 12.2 Å². The molecule has 0 aromatic rings. The first-order valence-electron chi connectivity index (χ1n) is 6.59. The molecule has 4 nitrogen and oxygen atoms in total. The van der Waals surface area contributed by atoms with Gasteiger partial charge in [0.1, 0.15) is 6.04 Å². The van der Waals surface area contributed by atoms with Crippen molar-refractivity contribution in [2.75, 3.05) is 32.7 Å². The topological polar surface area (TPSA) is 44.4 Å². The average Bonchev–Trinajstić information content (AvgIpc) is 2.27. The third-order valence-electron chi connectivity index (χ3n) is 3.06. The standard InChI is InChI=1S/C12H22F3N3O/c1-9(2)7-11(19)17-8-10(12(13,14)15)18-5-3-16-4-6-18/h9-10,16H,3-8H2,1-2H3,(H,17,19). The number of hydrogen-bond donors (Lipinski definition) is 2. The van der Waals surface area contributed by atoms with Crippen LogP contribution in [0.15, 0.2) is 0 Å². The first-order valence-corrected chi connectivity index (χ1v) is 6.59. The van der Waals surface area contributed by atoms with E-state index in [4.69, 9.17) is 0 Å². The normalized spacial score (nSPS) is 19.5. The van der Waals surface area contributed by atoms with Gasteiger partial charge in [-0.05, 0) is 5.92 Å². The molecule has 112 valence electrons. The number of amides is 1. The van der Waals surface area contributed by atoms with Crippen LogP contribution >= 0.6 is 0 Å². The molecule has 0 bridgehead atoms. The first kappa shape index (κ1) is 16.2. The molecule has 1 aliphatic heterocycles. The van der Waals surface area contributed by atoms with Crippen LogP contribution in [0.1, 0.15) is 20.3 Å². The van der Waals surface area contributed by atoms with Crippen LogP contribution in [0, 0.1) is 5.92 Å². The summed E-state index contributed by atoms with van der Waals surface area (Å²) in [5, 5.41) is 5.41. The van der Waals surface area contributed by atoms with Gasteiger partial charge in [-0.3, -0.25) is 9.69 Å². The number of piperazine rings is 1. The lowest BCUT2D eigenvalue weighted by molar-refractivity contribution is -0.184. The molecule has 1 amide bonds.